The number of halogens is 1. The molecule has 0 aliphatic heterocycles. The van der Waals surface area contributed by atoms with Gasteiger partial charge in [-0.15, -0.1) is 0 Å². The van der Waals surface area contributed by atoms with Crippen LogP contribution < -0.4 is 5.32 Å². The molecule has 1 aromatic heterocycles. The summed E-state index contributed by atoms with van der Waals surface area (Å²) in [6, 6.07) is 0.292. The van der Waals surface area contributed by atoms with Crippen molar-refractivity contribution in [3.8, 4) is 0 Å². The van der Waals surface area contributed by atoms with Gasteiger partial charge in [0.25, 0.3) is 0 Å². The first-order valence-electron chi connectivity index (χ1n) is 7.66. The van der Waals surface area contributed by atoms with Gasteiger partial charge in [0.2, 0.25) is 0 Å². The second-order valence-corrected chi connectivity index (χ2v) is 5.47. The lowest BCUT2D eigenvalue weighted by Gasteiger charge is -2.19. The third-order valence-electron chi connectivity index (χ3n) is 3.24. The smallest absolute Gasteiger partial charge is 0.0847 e. The molecular weight excluding hydrogens is 274 g/mol. The third-order valence-corrected chi connectivity index (χ3v) is 3.73. The van der Waals surface area contributed by atoms with Gasteiger partial charge in [0.05, 0.1) is 23.0 Å². The van der Waals surface area contributed by atoms with Gasteiger partial charge in [0.1, 0.15) is 0 Å². The largest absolute Gasteiger partial charge is 0.380 e. The van der Waals surface area contributed by atoms with E-state index in [1.165, 1.54) is 0 Å². The molecule has 0 saturated heterocycles. The summed E-state index contributed by atoms with van der Waals surface area (Å²) >= 11 is 6.38. The third kappa shape index (κ3) is 5.08. The first-order chi connectivity index (χ1) is 9.63. The van der Waals surface area contributed by atoms with Gasteiger partial charge in [0, 0.05) is 25.6 Å². The number of aromatic nitrogens is 2. The Morgan fingerprint density at radius 2 is 2.05 bits per heavy atom. The van der Waals surface area contributed by atoms with Crippen LogP contribution in [0.2, 0.25) is 5.02 Å². The lowest BCUT2D eigenvalue weighted by Crippen LogP contribution is -2.36. The van der Waals surface area contributed by atoms with Crippen LogP contribution in [0.4, 0.5) is 0 Å². The van der Waals surface area contributed by atoms with Crippen LogP contribution in [-0.2, 0) is 17.7 Å². The summed E-state index contributed by atoms with van der Waals surface area (Å²) in [7, 11) is 0. The van der Waals surface area contributed by atoms with Gasteiger partial charge in [-0.05, 0) is 33.2 Å². The quantitative estimate of drug-likeness (QED) is 0.675. The highest BCUT2D eigenvalue weighted by Crippen LogP contribution is 2.21. The summed E-state index contributed by atoms with van der Waals surface area (Å²) in [5.74, 6) is 0. The van der Waals surface area contributed by atoms with E-state index in [1.54, 1.807) is 0 Å². The molecule has 1 heterocycles. The Labute approximate surface area is 127 Å². The maximum absolute atomic E-state index is 6.38. The first kappa shape index (κ1) is 17.5. The van der Waals surface area contributed by atoms with Crippen molar-refractivity contribution in [2.75, 3.05) is 19.8 Å². The summed E-state index contributed by atoms with van der Waals surface area (Å²) in [6.07, 6.45) is 3.02. The van der Waals surface area contributed by atoms with Crippen molar-refractivity contribution in [2.45, 2.75) is 59.5 Å². The Morgan fingerprint density at radius 3 is 2.65 bits per heavy atom. The van der Waals surface area contributed by atoms with Crippen LogP contribution >= 0.6 is 11.6 Å². The maximum atomic E-state index is 6.38. The predicted octanol–water partition coefficient (Wildman–Crippen LogP) is 3.20. The first-order valence-corrected chi connectivity index (χ1v) is 8.04. The monoisotopic (exact) mass is 301 g/mol. The van der Waals surface area contributed by atoms with E-state index in [-0.39, 0.29) is 0 Å². The Bertz CT molecular complexity index is 393. The zero-order valence-corrected chi connectivity index (χ0v) is 14.0. The molecule has 5 heteroatoms. The van der Waals surface area contributed by atoms with Crippen molar-refractivity contribution in [3.63, 3.8) is 0 Å². The summed E-state index contributed by atoms with van der Waals surface area (Å²) in [4.78, 5) is 0. The van der Waals surface area contributed by atoms with E-state index >= 15 is 0 Å². The van der Waals surface area contributed by atoms with E-state index in [1.807, 2.05) is 11.6 Å². The molecule has 4 nitrogen and oxygen atoms in total. The van der Waals surface area contributed by atoms with E-state index < -0.39 is 0 Å². The van der Waals surface area contributed by atoms with Crippen LogP contribution in [0.25, 0.3) is 0 Å². The fourth-order valence-corrected chi connectivity index (χ4v) is 2.42. The Morgan fingerprint density at radius 1 is 1.30 bits per heavy atom. The van der Waals surface area contributed by atoms with Crippen LogP contribution in [-0.4, -0.2) is 35.6 Å². The molecule has 1 N–H and O–H groups in total. The van der Waals surface area contributed by atoms with E-state index in [0.717, 1.165) is 62.0 Å². The van der Waals surface area contributed by atoms with Crippen molar-refractivity contribution in [3.05, 3.63) is 16.4 Å². The molecular formula is C15H28ClN3O. The molecule has 0 saturated carbocycles. The zero-order chi connectivity index (χ0) is 15.0. The van der Waals surface area contributed by atoms with E-state index in [9.17, 15) is 0 Å². The summed E-state index contributed by atoms with van der Waals surface area (Å²) < 4.78 is 7.70. The molecule has 0 amide bonds. The van der Waals surface area contributed by atoms with Crippen molar-refractivity contribution >= 4 is 11.6 Å². The maximum Gasteiger partial charge on any atom is 0.0847 e. The highest BCUT2D eigenvalue weighted by atomic mass is 35.5. The highest BCUT2D eigenvalue weighted by molar-refractivity contribution is 6.31. The number of hydrogen-bond donors (Lipinski definition) is 1. The van der Waals surface area contributed by atoms with Crippen molar-refractivity contribution < 1.29 is 4.74 Å². The molecule has 1 aromatic rings. The van der Waals surface area contributed by atoms with E-state index in [4.69, 9.17) is 16.3 Å². The fraction of sp³-hybridized carbons (Fsp3) is 0.800. The molecule has 1 unspecified atom stereocenters. The number of hydrogen-bond acceptors (Lipinski definition) is 3. The van der Waals surface area contributed by atoms with Gasteiger partial charge in [-0.3, -0.25) is 4.68 Å². The Kier molecular flexibility index (Phi) is 8.19. The van der Waals surface area contributed by atoms with Crippen LogP contribution in [0.3, 0.4) is 0 Å². The van der Waals surface area contributed by atoms with Crippen molar-refractivity contribution in [1.82, 2.24) is 15.1 Å². The topological polar surface area (TPSA) is 39.1 Å². The van der Waals surface area contributed by atoms with Gasteiger partial charge in [0.15, 0.2) is 0 Å². The fourth-order valence-electron chi connectivity index (χ4n) is 2.21. The molecule has 0 spiro atoms. The molecule has 0 aliphatic carbocycles. The second-order valence-electron chi connectivity index (χ2n) is 5.09. The van der Waals surface area contributed by atoms with Gasteiger partial charge < -0.3 is 10.1 Å². The Balaban J connectivity index is 2.71. The lowest BCUT2D eigenvalue weighted by atomic mass is 10.1. The average molecular weight is 302 g/mol. The van der Waals surface area contributed by atoms with Gasteiger partial charge in [-0.25, -0.2) is 0 Å². The number of rotatable bonds is 10. The normalized spacial score (nSPS) is 12.8. The van der Waals surface area contributed by atoms with Gasteiger partial charge >= 0.3 is 0 Å². The molecule has 116 valence electrons. The number of aryl methyl sites for hydroxylation is 2. The van der Waals surface area contributed by atoms with Crippen LogP contribution in [0, 0.1) is 6.92 Å². The minimum Gasteiger partial charge on any atom is -0.380 e. The number of nitrogens with zero attached hydrogens (tertiary/aromatic N) is 2. The second kappa shape index (κ2) is 9.37. The minimum absolute atomic E-state index is 0.292. The minimum atomic E-state index is 0.292. The SMILES string of the molecule is CCCNC(COCCC)Cc1c(Cl)c(C)nn1CC. The number of ether oxygens (including phenoxy) is 1. The molecule has 20 heavy (non-hydrogen) atoms. The molecule has 0 fully saturated rings. The van der Waals surface area contributed by atoms with E-state index in [0.29, 0.717) is 6.04 Å². The van der Waals surface area contributed by atoms with Crippen LogP contribution in [0.15, 0.2) is 0 Å². The molecule has 0 aromatic carbocycles. The predicted molar refractivity (Wildman–Crippen MR) is 84.5 cm³/mol. The van der Waals surface area contributed by atoms with Crippen LogP contribution in [0.1, 0.15) is 45.0 Å². The van der Waals surface area contributed by atoms with Crippen LogP contribution in [0.5, 0.6) is 0 Å². The molecule has 1 atom stereocenters. The summed E-state index contributed by atoms with van der Waals surface area (Å²) in [5, 5.41) is 8.81. The van der Waals surface area contributed by atoms with E-state index in [2.05, 4.69) is 31.2 Å². The molecule has 0 aliphatic rings. The van der Waals surface area contributed by atoms with Crippen molar-refractivity contribution in [2.24, 2.45) is 0 Å². The molecule has 0 bridgehead atoms. The molecule has 1 rings (SSSR count). The number of nitrogens with one attached hydrogen (secondary N) is 1. The lowest BCUT2D eigenvalue weighted by molar-refractivity contribution is 0.111. The zero-order valence-electron chi connectivity index (χ0n) is 13.2. The van der Waals surface area contributed by atoms with Crippen molar-refractivity contribution in [1.29, 1.82) is 0 Å². The highest BCUT2D eigenvalue weighted by Gasteiger charge is 2.17. The summed E-state index contributed by atoms with van der Waals surface area (Å²) in [6.45, 7) is 11.7. The average Bonchev–Trinajstić information content (AvgIpc) is 2.72. The van der Waals surface area contributed by atoms with Gasteiger partial charge in [-0.1, -0.05) is 25.4 Å². The molecule has 0 radical (unpaired) electrons. The van der Waals surface area contributed by atoms with Gasteiger partial charge in [-0.2, -0.15) is 5.10 Å². The Hall–Kier alpha value is -0.580. The summed E-state index contributed by atoms with van der Waals surface area (Å²) in [5.41, 5.74) is 2.02. The standard InChI is InChI=1S/C15H28ClN3O/c1-5-8-17-13(11-20-9-6-2)10-14-15(16)12(4)18-19(14)7-3/h13,17H,5-11H2,1-4H3.